The van der Waals surface area contributed by atoms with Crippen molar-refractivity contribution in [3.63, 3.8) is 0 Å². The van der Waals surface area contributed by atoms with Crippen LogP contribution in [0.15, 0.2) is 15.0 Å². The maximum Gasteiger partial charge on any atom is 0.325 e. The second-order valence-corrected chi connectivity index (χ2v) is 14.0. The molecule has 0 aromatic heterocycles. The normalized spacial score (nSPS) is 31.7. The standard InChI is InChI=1S/C26H41N3O2.3C3H5NO/c30-25(27-13-22-10-16-1-4-19(22)7-16)29(15-24-12-18-3-6-21(24)9-18)26(31)28-14-23-11-17-2-5-20(23)8-17;3*1-2-4-3-5/h16-24H,1-15H2,(H,27,30)(H,28,31);3*2H2,1H3. The molecule has 0 spiro atoms. The van der Waals surface area contributed by atoms with Gasteiger partial charge in [-0.2, -0.15) is 0 Å². The molecule has 256 valence electrons. The van der Waals surface area contributed by atoms with Gasteiger partial charge in [0.1, 0.15) is 0 Å². The SMILES string of the molecule is CCN=C=O.CCN=C=O.CCN=C=O.O=C(NCC1CC2CCC1C2)N(CC1CC2CCC1C2)C(=O)NCC1CC2CCC1C2. The molecule has 11 heteroatoms. The van der Waals surface area contributed by atoms with E-state index in [1.165, 1.54) is 95.3 Å². The fraction of sp³-hybridized carbons (Fsp3) is 0.857. The highest BCUT2D eigenvalue weighted by molar-refractivity contribution is 5.93. The molecular formula is C35H56N6O5. The number of amides is 4. The molecule has 6 aliphatic rings. The van der Waals surface area contributed by atoms with Crippen LogP contribution in [-0.2, 0) is 14.4 Å². The summed E-state index contributed by atoms with van der Waals surface area (Å²) in [7, 11) is 0. The molecule has 6 aliphatic carbocycles. The van der Waals surface area contributed by atoms with Gasteiger partial charge in [0.25, 0.3) is 0 Å². The summed E-state index contributed by atoms with van der Waals surface area (Å²) in [5.41, 5.74) is 0. The number of fused-ring (bicyclic) bond motifs is 6. The zero-order chi connectivity index (χ0) is 33.3. The van der Waals surface area contributed by atoms with Gasteiger partial charge in [-0.3, -0.25) is 0 Å². The summed E-state index contributed by atoms with van der Waals surface area (Å²) in [5.74, 6) is 6.72. The summed E-state index contributed by atoms with van der Waals surface area (Å²) in [6.07, 6.45) is 20.1. The molecule has 46 heavy (non-hydrogen) atoms. The second-order valence-electron chi connectivity index (χ2n) is 14.0. The molecule has 4 amide bonds. The highest BCUT2D eigenvalue weighted by Gasteiger charge is 2.43. The quantitative estimate of drug-likeness (QED) is 0.233. The van der Waals surface area contributed by atoms with Gasteiger partial charge < -0.3 is 10.6 Å². The zero-order valence-electron chi connectivity index (χ0n) is 28.3. The molecule has 0 heterocycles. The molecule has 0 aromatic carbocycles. The van der Waals surface area contributed by atoms with E-state index in [1.807, 2.05) is 0 Å². The Morgan fingerprint density at radius 1 is 0.565 bits per heavy atom. The van der Waals surface area contributed by atoms with Crippen molar-refractivity contribution >= 4 is 30.3 Å². The van der Waals surface area contributed by atoms with Crippen LogP contribution in [0.25, 0.3) is 0 Å². The Kier molecular flexibility index (Phi) is 16.4. The Hall–Kier alpha value is -3.12. The lowest BCUT2D eigenvalue weighted by molar-refractivity contribution is 0.164. The van der Waals surface area contributed by atoms with Crippen LogP contribution in [0.2, 0.25) is 0 Å². The van der Waals surface area contributed by atoms with E-state index in [-0.39, 0.29) is 12.1 Å². The van der Waals surface area contributed by atoms with Gasteiger partial charge in [0.2, 0.25) is 18.2 Å². The highest BCUT2D eigenvalue weighted by Crippen LogP contribution is 2.50. The molecule has 0 radical (unpaired) electrons. The van der Waals surface area contributed by atoms with Gasteiger partial charge in [-0.25, -0.2) is 43.8 Å². The van der Waals surface area contributed by atoms with E-state index >= 15 is 0 Å². The average molecular weight is 641 g/mol. The van der Waals surface area contributed by atoms with Crippen molar-refractivity contribution in [2.45, 2.75) is 97.8 Å². The number of imide groups is 1. The first-order valence-corrected chi connectivity index (χ1v) is 17.8. The fourth-order valence-electron chi connectivity index (χ4n) is 9.17. The molecule has 6 rings (SSSR count). The first-order valence-electron chi connectivity index (χ1n) is 17.8. The number of hydrogen-bond donors (Lipinski definition) is 2. The van der Waals surface area contributed by atoms with Crippen molar-refractivity contribution in [3.05, 3.63) is 0 Å². The summed E-state index contributed by atoms with van der Waals surface area (Å²) < 4.78 is 0. The number of urea groups is 2. The number of nitrogens with one attached hydrogen (secondary N) is 2. The smallest absolute Gasteiger partial charge is 0.325 e. The van der Waals surface area contributed by atoms with Crippen LogP contribution in [0.1, 0.15) is 97.8 Å². The van der Waals surface area contributed by atoms with Crippen LogP contribution < -0.4 is 10.6 Å². The van der Waals surface area contributed by atoms with Crippen LogP contribution in [0, 0.1) is 53.3 Å². The molecule has 6 bridgehead atoms. The highest BCUT2D eigenvalue weighted by atomic mass is 16.2. The number of carbonyl (C=O) groups is 2. The molecule has 0 aromatic rings. The van der Waals surface area contributed by atoms with Gasteiger partial charge in [0.05, 0.1) is 0 Å². The van der Waals surface area contributed by atoms with Crippen molar-refractivity contribution < 1.29 is 24.0 Å². The topological polar surface area (TPSA) is 150 Å². The first kappa shape index (κ1) is 37.3. The second kappa shape index (κ2) is 20.2. The lowest BCUT2D eigenvalue weighted by Crippen LogP contribution is -2.52. The van der Waals surface area contributed by atoms with Crippen molar-refractivity contribution in [2.24, 2.45) is 68.2 Å². The van der Waals surface area contributed by atoms with Gasteiger partial charge >= 0.3 is 12.1 Å². The average Bonchev–Trinajstić information content (AvgIpc) is 3.93. The molecule has 6 fully saturated rings. The van der Waals surface area contributed by atoms with Gasteiger partial charge in [0, 0.05) is 39.3 Å². The van der Waals surface area contributed by atoms with E-state index in [4.69, 9.17) is 14.4 Å². The van der Waals surface area contributed by atoms with Crippen molar-refractivity contribution in [1.29, 1.82) is 0 Å². The summed E-state index contributed by atoms with van der Waals surface area (Å²) in [6, 6.07) is -0.285. The molecule has 9 unspecified atom stereocenters. The van der Waals surface area contributed by atoms with E-state index in [9.17, 15) is 9.59 Å². The van der Waals surface area contributed by atoms with E-state index < -0.39 is 0 Å². The molecule has 6 saturated carbocycles. The third-order valence-electron chi connectivity index (χ3n) is 11.3. The summed E-state index contributed by atoms with van der Waals surface area (Å²) >= 11 is 0. The summed E-state index contributed by atoms with van der Waals surface area (Å²) in [5, 5.41) is 6.38. The predicted molar refractivity (Wildman–Crippen MR) is 176 cm³/mol. The van der Waals surface area contributed by atoms with Crippen LogP contribution in [0.5, 0.6) is 0 Å². The Labute approximate surface area is 274 Å². The Morgan fingerprint density at radius 3 is 1.15 bits per heavy atom. The minimum absolute atomic E-state index is 0.143. The van der Waals surface area contributed by atoms with Gasteiger partial charge in [-0.05, 0) is 132 Å². The van der Waals surface area contributed by atoms with E-state index in [0.717, 1.165) is 48.6 Å². The monoisotopic (exact) mass is 640 g/mol. The Balaban J connectivity index is 0.000000323. The number of carbonyl (C=O) groups excluding carboxylic acids is 5. The van der Waals surface area contributed by atoms with Crippen LogP contribution >= 0.6 is 0 Å². The molecule has 9 atom stereocenters. The predicted octanol–water partition coefficient (Wildman–Crippen LogP) is 6.04. The summed E-state index contributed by atoms with van der Waals surface area (Å²) in [6.45, 7) is 9.11. The zero-order valence-corrected chi connectivity index (χ0v) is 28.3. The van der Waals surface area contributed by atoms with Gasteiger partial charge in [0.15, 0.2) is 0 Å². The number of hydrogen-bond acceptors (Lipinski definition) is 8. The van der Waals surface area contributed by atoms with Crippen LogP contribution in [0.4, 0.5) is 9.59 Å². The number of isocyanates is 3. The molecule has 11 nitrogen and oxygen atoms in total. The van der Waals surface area contributed by atoms with Crippen LogP contribution in [-0.4, -0.2) is 74.5 Å². The summed E-state index contributed by atoms with van der Waals surface area (Å²) in [4.78, 5) is 64.8. The van der Waals surface area contributed by atoms with Crippen molar-refractivity contribution in [2.75, 3.05) is 39.3 Å². The van der Waals surface area contributed by atoms with Crippen molar-refractivity contribution in [1.82, 2.24) is 15.5 Å². The minimum Gasteiger partial charge on any atom is -0.337 e. The maximum absolute atomic E-state index is 13.2. The third-order valence-corrected chi connectivity index (χ3v) is 11.3. The largest absolute Gasteiger partial charge is 0.337 e. The lowest BCUT2D eigenvalue weighted by Gasteiger charge is -2.31. The molecule has 0 saturated heterocycles. The van der Waals surface area contributed by atoms with Gasteiger partial charge in [-0.15, -0.1) is 0 Å². The van der Waals surface area contributed by atoms with Gasteiger partial charge in [-0.1, -0.05) is 19.3 Å². The molecule has 2 N–H and O–H groups in total. The van der Waals surface area contributed by atoms with Crippen LogP contribution in [0.3, 0.4) is 0 Å². The lowest BCUT2D eigenvalue weighted by atomic mass is 9.88. The molecular weight excluding hydrogens is 584 g/mol. The maximum atomic E-state index is 13.2. The number of rotatable bonds is 9. The Bertz CT molecular complexity index is 1030. The van der Waals surface area contributed by atoms with Crippen molar-refractivity contribution in [3.8, 4) is 0 Å². The van der Waals surface area contributed by atoms with E-state index in [2.05, 4.69) is 25.6 Å². The van der Waals surface area contributed by atoms with E-state index in [0.29, 0.717) is 43.9 Å². The Morgan fingerprint density at radius 2 is 0.913 bits per heavy atom. The first-order chi connectivity index (χ1) is 22.4. The number of aliphatic imine (C=N–C) groups is 3. The minimum atomic E-state index is -0.143. The third kappa shape index (κ3) is 11.3. The number of nitrogens with zero attached hydrogens (tertiary/aromatic N) is 4. The molecule has 0 aliphatic heterocycles. The van der Waals surface area contributed by atoms with E-state index in [1.54, 1.807) is 25.7 Å². The fourth-order valence-corrected chi connectivity index (χ4v) is 9.17.